The molecule has 0 radical (unpaired) electrons. The van der Waals surface area contributed by atoms with Crippen LogP contribution in [0.1, 0.15) is 5.69 Å². The molecule has 15 heavy (non-hydrogen) atoms. The lowest BCUT2D eigenvalue weighted by Gasteiger charge is -2.04. The Morgan fingerprint density at radius 3 is 3.13 bits per heavy atom. The van der Waals surface area contributed by atoms with E-state index in [4.69, 9.17) is 4.74 Å². The maximum atomic E-state index is 11.4. The van der Waals surface area contributed by atoms with Crippen molar-refractivity contribution in [2.75, 3.05) is 19.5 Å². The number of hydrogen-bond donors (Lipinski definition) is 2. The Kier molecular flexibility index (Phi) is 2.38. The zero-order valence-corrected chi connectivity index (χ0v) is 8.44. The van der Waals surface area contributed by atoms with Gasteiger partial charge in [0.05, 0.1) is 12.3 Å². The standard InChI is InChI=1S/C8H11N5O2/c1-9-7-10-5(4-15-2)3-6-11-12-8(14)13(6)7/h3H,4H2,1-2H3,(H,9,10)(H,12,14). The Labute approximate surface area is 85.1 Å². The first-order chi connectivity index (χ1) is 7.26. The van der Waals surface area contributed by atoms with Crippen LogP contribution < -0.4 is 11.0 Å². The molecular formula is C8H11N5O2. The second kappa shape index (κ2) is 3.70. The maximum absolute atomic E-state index is 11.4. The Bertz CT molecular complexity index is 529. The number of hydrogen-bond acceptors (Lipinski definition) is 5. The molecule has 0 aliphatic rings. The zero-order chi connectivity index (χ0) is 10.8. The molecule has 80 valence electrons. The third kappa shape index (κ3) is 1.57. The molecule has 0 spiro atoms. The van der Waals surface area contributed by atoms with Crippen LogP contribution in [0.2, 0.25) is 0 Å². The van der Waals surface area contributed by atoms with Crippen molar-refractivity contribution < 1.29 is 4.74 Å². The first-order valence-corrected chi connectivity index (χ1v) is 4.40. The molecule has 0 aromatic carbocycles. The lowest BCUT2D eigenvalue weighted by Crippen LogP contribution is -2.15. The van der Waals surface area contributed by atoms with Gasteiger partial charge in [0, 0.05) is 20.2 Å². The summed E-state index contributed by atoms with van der Waals surface area (Å²) in [5.41, 5.74) is 0.922. The molecule has 2 heterocycles. The fraction of sp³-hybridized carbons (Fsp3) is 0.375. The second-order valence-corrected chi connectivity index (χ2v) is 2.98. The summed E-state index contributed by atoms with van der Waals surface area (Å²) in [4.78, 5) is 15.6. The second-order valence-electron chi connectivity index (χ2n) is 2.98. The molecule has 2 aromatic heterocycles. The van der Waals surface area contributed by atoms with Crippen molar-refractivity contribution in [2.45, 2.75) is 6.61 Å². The van der Waals surface area contributed by atoms with Crippen LogP contribution in [0.15, 0.2) is 10.9 Å². The molecule has 2 rings (SSSR count). The molecule has 0 saturated carbocycles. The largest absolute Gasteiger partial charge is 0.378 e. The minimum Gasteiger partial charge on any atom is -0.378 e. The van der Waals surface area contributed by atoms with Crippen LogP contribution in [0.3, 0.4) is 0 Å². The average Bonchev–Trinajstić information content (AvgIpc) is 2.60. The van der Waals surface area contributed by atoms with Gasteiger partial charge in [-0.05, 0) is 0 Å². The van der Waals surface area contributed by atoms with Crippen LogP contribution in [0.25, 0.3) is 5.65 Å². The van der Waals surface area contributed by atoms with Gasteiger partial charge in [-0.2, -0.15) is 5.10 Å². The summed E-state index contributed by atoms with van der Waals surface area (Å²) in [6, 6.07) is 1.70. The summed E-state index contributed by atoms with van der Waals surface area (Å²) in [5, 5.41) is 9.05. The van der Waals surface area contributed by atoms with Crippen LogP contribution in [0, 0.1) is 0 Å². The van der Waals surface area contributed by atoms with E-state index in [1.165, 1.54) is 4.40 Å². The SMILES string of the molecule is CNc1nc(COC)cc2n[nH]c(=O)n12. The van der Waals surface area contributed by atoms with Gasteiger partial charge in [-0.25, -0.2) is 19.3 Å². The van der Waals surface area contributed by atoms with Gasteiger partial charge in [-0.1, -0.05) is 0 Å². The molecular weight excluding hydrogens is 198 g/mol. The first-order valence-electron chi connectivity index (χ1n) is 4.40. The Hall–Kier alpha value is -1.89. The van der Waals surface area contributed by atoms with Gasteiger partial charge >= 0.3 is 5.69 Å². The zero-order valence-electron chi connectivity index (χ0n) is 8.44. The van der Waals surface area contributed by atoms with Crippen LogP contribution in [-0.4, -0.2) is 33.7 Å². The molecule has 7 heteroatoms. The summed E-state index contributed by atoms with van der Waals surface area (Å²) in [6.07, 6.45) is 0. The number of H-pyrrole nitrogens is 1. The first kappa shape index (κ1) is 9.66. The van der Waals surface area contributed by atoms with Crippen molar-refractivity contribution in [1.82, 2.24) is 19.6 Å². The van der Waals surface area contributed by atoms with Crippen molar-refractivity contribution in [2.24, 2.45) is 0 Å². The van der Waals surface area contributed by atoms with Gasteiger partial charge in [-0.3, -0.25) is 0 Å². The molecule has 0 saturated heterocycles. The summed E-state index contributed by atoms with van der Waals surface area (Å²) < 4.78 is 6.33. The maximum Gasteiger partial charge on any atom is 0.350 e. The third-order valence-electron chi connectivity index (χ3n) is 1.97. The van der Waals surface area contributed by atoms with Gasteiger partial charge < -0.3 is 10.1 Å². The fourth-order valence-electron chi connectivity index (χ4n) is 1.37. The number of methoxy groups -OCH3 is 1. The van der Waals surface area contributed by atoms with E-state index in [0.29, 0.717) is 23.9 Å². The number of rotatable bonds is 3. The molecule has 0 aliphatic heterocycles. The van der Waals surface area contributed by atoms with E-state index in [-0.39, 0.29) is 5.69 Å². The number of fused-ring (bicyclic) bond motifs is 1. The van der Waals surface area contributed by atoms with Crippen LogP contribution >= 0.6 is 0 Å². The van der Waals surface area contributed by atoms with Crippen molar-refractivity contribution in [3.63, 3.8) is 0 Å². The van der Waals surface area contributed by atoms with Gasteiger partial charge in [0.2, 0.25) is 5.95 Å². The summed E-state index contributed by atoms with van der Waals surface area (Å²) in [5.74, 6) is 0.443. The van der Waals surface area contributed by atoms with E-state index in [0.717, 1.165) is 0 Å². The van der Waals surface area contributed by atoms with E-state index in [1.54, 1.807) is 20.2 Å². The average molecular weight is 209 g/mol. The van der Waals surface area contributed by atoms with E-state index >= 15 is 0 Å². The van der Waals surface area contributed by atoms with E-state index < -0.39 is 0 Å². The highest BCUT2D eigenvalue weighted by molar-refractivity contribution is 5.45. The summed E-state index contributed by atoms with van der Waals surface area (Å²) in [6.45, 7) is 0.381. The van der Waals surface area contributed by atoms with Crippen LogP contribution in [0.5, 0.6) is 0 Å². The van der Waals surface area contributed by atoms with Crippen molar-refractivity contribution in [1.29, 1.82) is 0 Å². The van der Waals surface area contributed by atoms with Gasteiger partial charge in [0.25, 0.3) is 0 Å². The molecule has 0 aliphatic carbocycles. The Morgan fingerprint density at radius 1 is 1.67 bits per heavy atom. The van der Waals surface area contributed by atoms with Gasteiger partial charge in [0.1, 0.15) is 0 Å². The normalized spacial score (nSPS) is 10.8. The highest BCUT2D eigenvalue weighted by atomic mass is 16.5. The minimum absolute atomic E-state index is 0.314. The lowest BCUT2D eigenvalue weighted by molar-refractivity contribution is 0.181. The molecule has 2 aromatic rings. The lowest BCUT2D eigenvalue weighted by atomic mass is 10.4. The number of aromatic amines is 1. The van der Waals surface area contributed by atoms with Crippen molar-refractivity contribution >= 4 is 11.6 Å². The molecule has 2 N–H and O–H groups in total. The predicted molar refractivity (Wildman–Crippen MR) is 53.9 cm³/mol. The highest BCUT2D eigenvalue weighted by Crippen LogP contribution is 2.07. The van der Waals surface area contributed by atoms with Crippen molar-refractivity contribution in [3.8, 4) is 0 Å². The quantitative estimate of drug-likeness (QED) is 0.719. The summed E-state index contributed by atoms with van der Waals surface area (Å²) >= 11 is 0. The third-order valence-corrected chi connectivity index (χ3v) is 1.97. The summed E-state index contributed by atoms with van der Waals surface area (Å²) in [7, 11) is 3.28. The minimum atomic E-state index is -0.314. The monoisotopic (exact) mass is 209 g/mol. The van der Waals surface area contributed by atoms with Crippen LogP contribution in [0.4, 0.5) is 5.95 Å². The Balaban J connectivity index is 2.67. The number of anilines is 1. The molecule has 0 fully saturated rings. The molecule has 0 amide bonds. The molecule has 0 unspecified atom stereocenters. The smallest absolute Gasteiger partial charge is 0.350 e. The predicted octanol–water partition coefficient (Wildman–Crippen LogP) is -0.394. The van der Waals surface area contributed by atoms with E-state index in [9.17, 15) is 4.79 Å². The number of ether oxygens (including phenoxy) is 1. The van der Waals surface area contributed by atoms with E-state index in [1.807, 2.05) is 0 Å². The topological polar surface area (TPSA) is 84.3 Å². The molecule has 0 atom stereocenters. The Morgan fingerprint density at radius 2 is 2.47 bits per heavy atom. The van der Waals surface area contributed by atoms with Gasteiger partial charge in [0.15, 0.2) is 5.65 Å². The van der Waals surface area contributed by atoms with E-state index in [2.05, 4.69) is 20.5 Å². The van der Waals surface area contributed by atoms with Crippen LogP contribution in [-0.2, 0) is 11.3 Å². The molecule has 7 nitrogen and oxygen atoms in total. The van der Waals surface area contributed by atoms with Gasteiger partial charge in [-0.15, -0.1) is 0 Å². The number of aromatic nitrogens is 4. The molecule has 0 bridgehead atoms. The number of nitrogens with zero attached hydrogens (tertiary/aromatic N) is 3. The number of nitrogens with one attached hydrogen (secondary N) is 2. The fourth-order valence-corrected chi connectivity index (χ4v) is 1.37. The highest BCUT2D eigenvalue weighted by Gasteiger charge is 2.08. The van der Waals surface area contributed by atoms with Crippen molar-refractivity contribution in [3.05, 3.63) is 22.2 Å².